The van der Waals surface area contributed by atoms with Crippen LogP contribution in [0.25, 0.3) is 0 Å². The van der Waals surface area contributed by atoms with Gasteiger partial charge in [-0.1, -0.05) is 26.3 Å². The summed E-state index contributed by atoms with van der Waals surface area (Å²) in [6.07, 6.45) is 15.9. The highest BCUT2D eigenvalue weighted by atomic mass is 32.1. The highest BCUT2D eigenvalue weighted by Crippen LogP contribution is 2.67. The number of carbonyl (C=O) groups is 1. The number of fused-ring (bicyclic) bond motifs is 5. The molecule has 5 nitrogen and oxygen atoms in total. The van der Waals surface area contributed by atoms with E-state index in [1.807, 2.05) is 29.4 Å². The Morgan fingerprint density at radius 2 is 1.91 bits per heavy atom. The van der Waals surface area contributed by atoms with E-state index >= 15 is 0 Å². The average molecular weight is 497 g/mol. The Balaban J connectivity index is 1.14. The monoisotopic (exact) mass is 496 g/mol. The van der Waals surface area contributed by atoms with Crippen LogP contribution in [-0.2, 0) is 4.79 Å². The molecule has 7 atom stereocenters. The lowest BCUT2D eigenvalue weighted by Crippen LogP contribution is -2.59. The summed E-state index contributed by atoms with van der Waals surface area (Å²) in [5, 5.41) is 7.11. The maximum atomic E-state index is 12.4. The number of anilines is 1. The Bertz CT molecular complexity index is 970. The molecule has 0 radical (unpaired) electrons. The molecule has 1 aromatic heterocycles. The minimum Gasteiger partial charge on any atom is -0.360 e. The average Bonchev–Trinajstić information content (AvgIpc) is 3.46. The standard InChI is InChI=1S/C29H44N4OS/c1-28-13-11-22-20(7-10-25-29(22,2)14-12-26(34)32(25)3)21(28)8-9-23(28)24-19-35-27(31-24)30-15-18-33-16-5-4-6-17-33/h12,14,19-23,25H,4-11,13,15-18H2,1-3H3,(H,30,31)/t20-,21-,22+,23?,25?,28-,29+/m0/s1. The van der Waals surface area contributed by atoms with E-state index in [2.05, 4.69) is 35.5 Å². The topological polar surface area (TPSA) is 48.5 Å². The maximum Gasteiger partial charge on any atom is 0.246 e. The minimum absolute atomic E-state index is 0.136. The molecule has 6 rings (SSSR count). The quantitative estimate of drug-likeness (QED) is 0.563. The zero-order valence-corrected chi connectivity index (χ0v) is 22.8. The fraction of sp³-hybridized carbons (Fsp3) is 0.793. The minimum atomic E-state index is 0.136. The van der Waals surface area contributed by atoms with Crippen LogP contribution in [0, 0.1) is 28.6 Å². The van der Waals surface area contributed by atoms with E-state index in [1.54, 1.807) is 0 Å². The van der Waals surface area contributed by atoms with E-state index in [1.165, 1.54) is 70.2 Å². The van der Waals surface area contributed by atoms with E-state index in [9.17, 15) is 4.79 Å². The number of rotatable bonds is 5. The fourth-order valence-electron chi connectivity index (χ4n) is 9.26. The van der Waals surface area contributed by atoms with Crippen molar-refractivity contribution in [1.82, 2.24) is 14.8 Å². The van der Waals surface area contributed by atoms with Crippen LogP contribution in [0.3, 0.4) is 0 Å². The summed E-state index contributed by atoms with van der Waals surface area (Å²) in [4.78, 5) is 22.1. The van der Waals surface area contributed by atoms with Gasteiger partial charge in [0.25, 0.3) is 0 Å². The van der Waals surface area contributed by atoms with Crippen molar-refractivity contribution in [3.8, 4) is 0 Å². The predicted octanol–water partition coefficient (Wildman–Crippen LogP) is 5.76. The van der Waals surface area contributed by atoms with Crippen LogP contribution in [0.15, 0.2) is 17.5 Å². The first-order chi connectivity index (χ1) is 16.9. The third kappa shape index (κ3) is 3.98. The number of nitrogens with zero attached hydrogens (tertiary/aromatic N) is 3. The second-order valence-electron chi connectivity index (χ2n) is 12.7. The van der Waals surface area contributed by atoms with Crippen molar-refractivity contribution >= 4 is 22.4 Å². The fourth-order valence-corrected chi connectivity index (χ4v) is 10.0. The lowest BCUT2D eigenvalue weighted by Gasteiger charge is -2.60. The molecule has 0 spiro atoms. The lowest BCUT2D eigenvalue weighted by atomic mass is 9.47. The van der Waals surface area contributed by atoms with Gasteiger partial charge in [-0.2, -0.15) is 0 Å². The molecule has 35 heavy (non-hydrogen) atoms. The van der Waals surface area contributed by atoms with Crippen LogP contribution in [-0.4, -0.2) is 60.0 Å². The molecule has 2 aliphatic heterocycles. The van der Waals surface area contributed by atoms with Gasteiger partial charge in [-0.05, 0) is 93.7 Å². The number of nitrogens with one attached hydrogen (secondary N) is 1. The molecule has 3 saturated carbocycles. The van der Waals surface area contributed by atoms with Gasteiger partial charge in [-0.25, -0.2) is 4.98 Å². The zero-order valence-electron chi connectivity index (χ0n) is 22.0. The highest BCUT2D eigenvalue weighted by molar-refractivity contribution is 7.13. The molecule has 0 aromatic carbocycles. The number of hydrogen-bond acceptors (Lipinski definition) is 5. The molecule has 3 heterocycles. The molecule has 0 bridgehead atoms. The molecule has 3 aliphatic carbocycles. The first-order valence-electron chi connectivity index (χ1n) is 14.3. The second-order valence-corrected chi connectivity index (χ2v) is 13.6. The maximum absolute atomic E-state index is 12.4. The van der Waals surface area contributed by atoms with Crippen molar-refractivity contribution < 1.29 is 4.79 Å². The summed E-state index contributed by atoms with van der Waals surface area (Å²) in [6, 6.07) is 0.375. The molecule has 4 fully saturated rings. The van der Waals surface area contributed by atoms with Gasteiger partial charge < -0.3 is 15.1 Å². The van der Waals surface area contributed by atoms with Crippen molar-refractivity contribution in [2.75, 3.05) is 38.5 Å². The number of amides is 1. The van der Waals surface area contributed by atoms with E-state index in [0.717, 1.165) is 36.5 Å². The molecule has 2 unspecified atom stereocenters. The third-order valence-electron chi connectivity index (χ3n) is 11.2. The third-order valence-corrected chi connectivity index (χ3v) is 12.0. The number of hydrogen-bond donors (Lipinski definition) is 1. The van der Waals surface area contributed by atoms with Crippen LogP contribution >= 0.6 is 11.3 Å². The van der Waals surface area contributed by atoms with Crippen LogP contribution in [0.1, 0.15) is 83.2 Å². The zero-order chi connectivity index (χ0) is 24.2. The Morgan fingerprint density at radius 1 is 1.09 bits per heavy atom. The first-order valence-corrected chi connectivity index (χ1v) is 15.2. The Labute approximate surface area is 215 Å². The Kier molecular flexibility index (Phi) is 6.28. The van der Waals surface area contributed by atoms with E-state index in [0.29, 0.717) is 23.3 Å². The van der Waals surface area contributed by atoms with E-state index in [-0.39, 0.29) is 11.3 Å². The summed E-state index contributed by atoms with van der Waals surface area (Å²) in [5.74, 6) is 3.06. The number of piperidine rings is 1. The van der Waals surface area contributed by atoms with Crippen LogP contribution in [0.2, 0.25) is 0 Å². The smallest absolute Gasteiger partial charge is 0.246 e. The summed E-state index contributed by atoms with van der Waals surface area (Å²) in [7, 11) is 2.02. The number of aromatic nitrogens is 1. The lowest BCUT2D eigenvalue weighted by molar-refractivity contribution is -0.138. The van der Waals surface area contributed by atoms with Gasteiger partial charge >= 0.3 is 0 Å². The summed E-state index contributed by atoms with van der Waals surface area (Å²) in [5.41, 5.74) is 1.85. The van der Waals surface area contributed by atoms with Gasteiger partial charge in [0, 0.05) is 42.9 Å². The predicted molar refractivity (Wildman–Crippen MR) is 144 cm³/mol. The molecule has 1 saturated heterocycles. The molecule has 1 aromatic rings. The summed E-state index contributed by atoms with van der Waals surface area (Å²) >= 11 is 1.81. The number of carbonyl (C=O) groups excluding carboxylic acids is 1. The van der Waals surface area contributed by atoms with Crippen molar-refractivity contribution in [2.45, 2.75) is 83.6 Å². The van der Waals surface area contributed by atoms with Crippen molar-refractivity contribution in [3.05, 3.63) is 23.2 Å². The van der Waals surface area contributed by atoms with Gasteiger partial charge in [-0.3, -0.25) is 4.79 Å². The van der Waals surface area contributed by atoms with Gasteiger partial charge in [0.15, 0.2) is 5.13 Å². The molecule has 1 amide bonds. The summed E-state index contributed by atoms with van der Waals surface area (Å²) < 4.78 is 0. The Morgan fingerprint density at radius 3 is 2.74 bits per heavy atom. The van der Waals surface area contributed by atoms with Crippen LogP contribution < -0.4 is 5.32 Å². The van der Waals surface area contributed by atoms with Gasteiger partial charge in [-0.15, -0.1) is 11.3 Å². The van der Waals surface area contributed by atoms with E-state index in [4.69, 9.17) is 4.98 Å². The van der Waals surface area contributed by atoms with Gasteiger partial charge in [0.1, 0.15) is 0 Å². The molecular weight excluding hydrogens is 452 g/mol. The molecule has 1 N–H and O–H groups in total. The number of likely N-dealkylation sites (tertiary alicyclic amines) is 1. The van der Waals surface area contributed by atoms with Crippen molar-refractivity contribution in [2.24, 2.45) is 28.6 Å². The Hall–Kier alpha value is -1.40. The first kappa shape index (κ1) is 24.0. The number of thiazole rings is 1. The van der Waals surface area contributed by atoms with Gasteiger partial charge in [0.2, 0.25) is 5.91 Å². The normalized spacial score (nSPS) is 41.4. The van der Waals surface area contributed by atoms with E-state index < -0.39 is 0 Å². The molecule has 5 aliphatic rings. The summed E-state index contributed by atoms with van der Waals surface area (Å²) in [6.45, 7) is 9.70. The molecule has 192 valence electrons. The molecule has 6 heteroatoms. The van der Waals surface area contributed by atoms with Crippen molar-refractivity contribution in [3.63, 3.8) is 0 Å². The second kappa shape index (κ2) is 9.16. The van der Waals surface area contributed by atoms with Crippen LogP contribution in [0.5, 0.6) is 0 Å². The van der Waals surface area contributed by atoms with Crippen LogP contribution in [0.4, 0.5) is 5.13 Å². The largest absolute Gasteiger partial charge is 0.360 e. The van der Waals surface area contributed by atoms with Crippen molar-refractivity contribution in [1.29, 1.82) is 0 Å². The SMILES string of the molecule is CN1C(=O)C=C[C@@]2(C)C1CC[C@@H]1[C@H]2CC[C@]2(C)C(c3csc(NCCN4CCCCC4)n3)CC[C@@H]12. The highest BCUT2D eigenvalue weighted by Gasteiger charge is 2.60. The van der Waals surface area contributed by atoms with Gasteiger partial charge in [0.05, 0.1) is 5.69 Å². The number of likely N-dealkylation sites (N-methyl/N-ethyl adjacent to an activating group) is 1. The molecular formula is C29H44N4OS.